The van der Waals surface area contributed by atoms with E-state index in [1.807, 2.05) is 13.8 Å². The van der Waals surface area contributed by atoms with Crippen LogP contribution in [0.4, 0.5) is 0 Å². The molecule has 2 unspecified atom stereocenters. The smallest absolute Gasteiger partial charge is 0.255 e. The lowest BCUT2D eigenvalue weighted by molar-refractivity contribution is -0.140. The standard InChI is InChI=1S/C18H23N3O3/c1-4-12(2)16(18(23)21-10-9-13(21)11-19)20-17(22)14-7-5-6-8-15(14)24-3/h5-8,12-13,16H,4,9-10H2,1-3H3,(H,20,22)/t12?,13?,16-/m0/s1. The Kier molecular flexibility index (Phi) is 5.80. The van der Waals surface area contributed by atoms with Gasteiger partial charge in [0.05, 0.1) is 18.7 Å². The van der Waals surface area contributed by atoms with E-state index in [0.29, 0.717) is 24.3 Å². The highest BCUT2D eigenvalue weighted by Crippen LogP contribution is 2.22. The van der Waals surface area contributed by atoms with E-state index in [-0.39, 0.29) is 23.8 Å². The Labute approximate surface area is 142 Å². The highest BCUT2D eigenvalue weighted by Gasteiger charge is 2.38. The molecule has 6 nitrogen and oxygen atoms in total. The maximum atomic E-state index is 12.7. The minimum atomic E-state index is -0.649. The van der Waals surface area contributed by atoms with Crippen molar-refractivity contribution in [3.63, 3.8) is 0 Å². The Bertz CT molecular complexity index is 653. The molecule has 2 rings (SSSR count). The molecule has 0 saturated carbocycles. The van der Waals surface area contributed by atoms with E-state index < -0.39 is 6.04 Å². The first-order chi connectivity index (χ1) is 11.5. The summed E-state index contributed by atoms with van der Waals surface area (Å²) in [5.41, 5.74) is 0.390. The van der Waals surface area contributed by atoms with Gasteiger partial charge in [0, 0.05) is 6.54 Å². The quantitative estimate of drug-likeness (QED) is 0.865. The summed E-state index contributed by atoms with van der Waals surface area (Å²) in [7, 11) is 1.50. The molecule has 1 N–H and O–H groups in total. The zero-order valence-corrected chi connectivity index (χ0v) is 14.3. The van der Waals surface area contributed by atoms with Crippen LogP contribution in [0.25, 0.3) is 0 Å². The number of benzene rings is 1. The van der Waals surface area contributed by atoms with Crippen LogP contribution in [-0.2, 0) is 4.79 Å². The van der Waals surface area contributed by atoms with Crippen LogP contribution in [0.15, 0.2) is 24.3 Å². The van der Waals surface area contributed by atoms with Crippen LogP contribution >= 0.6 is 0 Å². The Hall–Kier alpha value is -2.55. The highest BCUT2D eigenvalue weighted by atomic mass is 16.5. The number of nitrogens with one attached hydrogen (secondary N) is 1. The van der Waals surface area contributed by atoms with E-state index >= 15 is 0 Å². The van der Waals surface area contributed by atoms with Crippen molar-refractivity contribution in [1.29, 1.82) is 5.26 Å². The molecule has 24 heavy (non-hydrogen) atoms. The van der Waals surface area contributed by atoms with Gasteiger partial charge in [0.15, 0.2) is 0 Å². The molecular weight excluding hydrogens is 306 g/mol. The highest BCUT2D eigenvalue weighted by molar-refractivity contribution is 5.99. The molecule has 1 aliphatic heterocycles. The number of para-hydroxylation sites is 1. The maximum Gasteiger partial charge on any atom is 0.255 e. The molecule has 1 aromatic rings. The lowest BCUT2D eigenvalue weighted by Gasteiger charge is -2.40. The number of carbonyl (C=O) groups excluding carboxylic acids is 2. The summed E-state index contributed by atoms with van der Waals surface area (Å²) in [6.45, 7) is 4.46. The van der Waals surface area contributed by atoms with Gasteiger partial charge in [-0.15, -0.1) is 0 Å². The minimum Gasteiger partial charge on any atom is -0.496 e. The van der Waals surface area contributed by atoms with Crippen molar-refractivity contribution >= 4 is 11.8 Å². The number of rotatable bonds is 6. The molecule has 128 valence electrons. The van der Waals surface area contributed by atoms with Crippen molar-refractivity contribution in [3.8, 4) is 11.8 Å². The van der Waals surface area contributed by atoms with Crippen LogP contribution in [0.1, 0.15) is 37.0 Å². The first-order valence-electron chi connectivity index (χ1n) is 8.17. The second-order valence-corrected chi connectivity index (χ2v) is 6.00. The number of methoxy groups -OCH3 is 1. The van der Waals surface area contributed by atoms with E-state index in [2.05, 4.69) is 11.4 Å². The van der Waals surface area contributed by atoms with Gasteiger partial charge in [-0.2, -0.15) is 5.26 Å². The zero-order valence-electron chi connectivity index (χ0n) is 14.3. The van der Waals surface area contributed by atoms with Crippen LogP contribution in [0.2, 0.25) is 0 Å². The van der Waals surface area contributed by atoms with Crippen molar-refractivity contribution in [2.24, 2.45) is 5.92 Å². The fourth-order valence-corrected chi connectivity index (χ4v) is 2.70. The van der Waals surface area contributed by atoms with Crippen molar-refractivity contribution in [3.05, 3.63) is 29.8 Å². The van der Waals surface area contributed by atoms with E-state index in [1.165, 1.54) is 7.11 Å². The Morgan fingerprint density at radius 2 is 2.17 bits per heavy atom. The zero-order chi connectivity index (χ0) is 17.7. The monoisotopic (exact) mass is 329 g/mol. The summed E-state index contributed by atoms with van der Waals surface area (Å²) in [6, 6.07) is 7.98. The van der Waals surface area contributed by atoms with Gasteiger partial charge in [-0.1, -0.05) is 32.4 Å². The van der Waals surface area contributed by atoms with Crippen molar-refractivity contribution in [1.82, 2.24) is 10.2 Å². The van der Waals surface area contributed by atoms with Crippen LogP contribution in [-0.4, -0.2) is 42.5 Å². The molecule has 3 atom stereocenters. The first kappa shape index (κ1) is 17.8. The fourth-order valence-electron chi connectivity index (χ4n) is 2.70. The second kappa shape index (κ2) is 7.82. The van der Waals surface area contributed by atoms with Gasteiger partial charge in [0.2, 0.25) is 5.91 Å². The summed E-state index contributed by atoms with van der Waals surface area (Å²) in [5.74, 6) is -0.106. The van der Waals surface area contributed by atoms with Crippen LogP contribution in [0.3, 0.4) is 0 Å². The van der Waals surface area contributed by atoms with Crippen LogP contribution in [0, 0.1) is 17.2 Å². The molecule has 0 radical (unpaired) electrons. The topological polar surface area (TPSA) is 82.4 Å². The molecular formula is C18H23N3O3. The number of nitrogens with zero attached hydrogens (tertiary/aromatic N) is 2. The Morgan fingerprint density at radius 3 is 2.71 bits per heavy atom. The summed E-state index contributed by atoms with van der Waals surface area (Å²) in [6.07, 6.45) is 1.43. The number of carbonyl (C=O) groups is 2. The summed E-state index contributed by atoms with van der Waals surface area (Å²) in [4.78, 5) is 26.9. The predicted molar refractivity (Wildman–Crippen MR) is 89.4 cm³/mol. The number of hydrogen-bond acceptors (Lipinski definition) is 4. The molecule has 1 heterocycles. The Morgan fingerprint density at radius 1 is 1.46 bits per heavy atom. The molecule has 2 amide bonds. The molecule has 0 aliphatic carbocycles. The van der Waals surface area contributed by atoms with E-state index in [1.54, 1.807) is 29.2 Å². The third-order valence-corrected chi connectivity index (χ3v) is 4.57. The van der Waals surface area contributed by atoms with E-state index in [4.69, 9.17) is 10.00 Å². The van der Waals surface area contributed by atoms with Crippen molar-refractivity contribution < 1.29 is 14.3 Å². The molecule has 1 aromatic carbocycles. The molecule has 1 aliphatic rings. The second-order valence-electron chi connectivity index (χ2n) is 6.00. The maximum absolute atomic E-state index is 12.7. The SMILES string of the molecule is CCC(C)[C@H](NC(=O)c1ccccc1OC)C(=O)N1CCC1C#N. The third-order valence-electron chi connectivity index (χ3n) is 4.57. The molecule has 0 spiro atoms. The van der Waals surface area contributed by atoms with Gasteiger partial charge in [0.25, 0.3) is 5.91 Å². The lowest BCUT2D eigenvalue weighted by atomic mass is 9.94. The van der Waals surface area contributed by atoms with Gasteiger partial charge in [0.1, 0.15) is 17.8 Å². The largest absolute Gasteiger partial charge is 0.496 e. The van der Waals surface area contributed by atoms with Gasteiger partial charge >= 0.3 is 0 Å². The molecule has 0 aromatic heterocycles. The number of hydrogen-bond donors (Lipinski definition) is 1. The summed E-state index contributed by atoms with van der Waals surface area (Å²) in [5, 5.41) is 11.9. The van der Waals surface area contributed by atoms with Gasteiger partial charge in [-0.05, 0) is 24.5 Å². The van der Waals surface area contributed by atoms with Gasteiger partial charge < -0.3 is 15.0 Å². The van der Waals surface area contributed by atoms with Crippen LogP contribution < -0.4 is 10.1 Å². The average Bonchev–Trinajstić information content (AvgIpc) is 2.58. The summed E-state index contributed by atoms with van der Waals surface area (Å²) >= 11 is 0. The van der Waals surface area contributed by atoms with Gasteiger partial charge in [-0.25, -0.2) is 0 Å². The van der Waals surface area contributed by atoms with Crippen LogP contribution in [0.5, 0.6) is 5.75 Å². The normalized spacial score (nSPS) is 18.8. The molecule has 1 saturated heterocycles. The number of amides is 2. The van der Waals surface area contributed by atoms with Crippen molar-refractivity contribution in [2.75, 3.05) is 13.7 Å². The lowest BCUT2D eigenvalue weighted by Crippen LogP contribution is -2.59. The first-order valence-corrected chi connectivity index (χ1v) is 8.17. The van der Waals surface area contributed by atoms with Gasteiger partial charge in [-0.3, -0.25) is 9.59 Å². The fraction of sp³-hybridized carbons (Fsp3) is 0.500. The third kappa shape index (κ3) is 3.51. The average molecular weight is 329 g/mol. The molecule has 6 heteroatoms. The summed E-state index contributed by atoms with van der Waals surface area (Å²) < 4.78 is 5.21. The number of ether oxygens (including phenoxy) is 1. The Balaban J connectivity index is 2.18. The molecule has 1 fully saturated rings. The van der Waals surface area contributed by atoms with Crippen molar-refractivity contribution in [2.45, 2.75) is 38.8 Å². The molecule has 0 bridgehead atoms. The predicted octanol–water partition coefficient (Wildman–Crippen LogP) is 1.96. The van der Waals surface area contributed by atoms with E-state index in [9.17, 15) is 9.59 Å². The minimum absolute atomic E-state index is 0.0314. The number of likely N-dealkylation sites (tertiary alicyclic amines) is 1. The van der Waals surface area contributed by atoms with E-state index in [0.717, 1.165) is 6.42 Å². The number of nitriles is 1.